The van der Waals surface area contributed by atoms with E-state index in [0.29, 0.717) is 16.8 Å². The van der Waals surface area contributed by atoms with Crippen LogP contribution in [0.1, 0.15) is 37.7 Å². The van der Waals surface area contributed by atoms with E-state index in [9.17, 15) is 9.59 Å². The second-order valence-electron chi connectivity index (χ2n) is 6.52. The Labute approximate surface area is 159 Å². The molecule has 1 aromatic heterocycles. The Hall–Kier alpha value is -3.34. The molecule has 0 saturated carbocycles. The number of amides is 2. The second kappa shape index (κ2) is 7.50. The first kappa shape index (κ1) is 18.5. The Kier molecular flexibility index (Phi) is 5.12. The number of aromatic nitrogens is 1. The van der Waals surface area contributed by atoms with E-state index in [1.807, 2.05) is 57.2 Å². The van der Waals surface area contributed by atoms with Gasteiger partial charge in [0, 0.05) is 35.4 Å². The molecule has 0 unspecified atom stereocenters. The first-order valence-corrected chi connectivity index (χ1v) is 8.81. The average Bonchev–Trinajstić information content (AvgIpc) is 2.97. The number of carbonyl (C=O) groups excluding carboxylic acids is 2. The van der Waals surface area contributed by atoms with Crippen molar-refractivity contribution in [1.29, 1.82) is 0 Å². The summed E-state index contributed by atoms with van der Waals surface area (Å²) in [5, 5.41) is 5.56. The number of para-hydroxylation sites is 1. The van der Waals surface area contributed by atoms with E-state index in [2.05, 4.69) is 15.2 Å². The van der Waals surface area contributed by atoms with Crippen molar-refractivity contribution in [2.45, 2.75) is 20.8 Å². The van der Waals surface area contributed by atoms with Crippen LogP contribution in [0, 0.1) is 20.8 Å². The van der Waals surface area contributed by atoms with Crippen LogP contribution in [0.4, 0.5) is 5.69 Å². The molecule has 3 rings (SSSR count). The predicted molar refractivity (Wildman–Crippen MR) is 108 cm³/mol. The molecule has 0 fully saturated rings. The van der Waals surface area contributed by atoms with Gasteiger partial charge in [-0.3, -0.25) is 9.59 Å². The van der Waals surface area contributed by atoms with Crippen LogP contribution in [-0.2, 0) is 0 Å². The van der Waals surface area contributed by atoms with E-state index in [-0.39, 0.29) is 11.8 Å². The van der Waals surface area contributed by atoms with E-state index >= 15 is 0 Å². The van der Waals surface area contributed by atoms with Crippen molar-refractivity contribution >= 4 is 17.5 Å². The number of anilines is 1. The fourth-order valence-corrected chi connectivity index (χ4v) is 3.25. The van der Waals surface area contributed by atoms with E-state index in [1.165, 1.54) is 0 Å². The van der Waals surface area contributed by atoms with Crippen molar-refractivity contribution in [1.82, 2.24) is 9.88 Å². The lowest BCUT2D eigenvalue weighted by atomic mass is 10.1. The summed E-state index contributed by atoms with van der Waals surface area (Å²) < 4.78 is 2.07. The molecule has 0 atom stereocenters. The Balaban J connectivity index is 1.89. The lowest BCUT2D eigenvalue weighted by molar-refractivity contribution is 0.0962. The zero-order valence-corrected chi connectivity index (χ0v) is 16.0. The minimum absolute atomic E-state index is 0.151. The quantitative estimate of drug-likeness (QED) is 0.737. The number of nitrogens with one attached hydrogen (secondary N) is 2. The Morgan fingerprint density at radius 2 is 1.59 bits per heavy atom. The molecule has 0 saturated heterocycles. The number of rotatable bonds is 4. The Morgan fingerprint density at radius 3 is 2.22 bits per heavy atom. The maximum atomic E-state index is 12.9. The highest BCUT2D eigenvalue weighted by molar-refractivity contribution is 6.06. The molecule has 3 aromatic rings. The van der Waals surface area contributed by atoms with Gasteiger partial charge in [0.1, 0.15) is 0 Å². The molecule has 0 radical (unpaired) electrons. The normalized spacial score (nSPS) is 10.5. The molecular formula is C22H23N3O2. The SMILES string of the molecule is CNC(=O)c1ccc(NC(=O)c2cc(C)n(-c3ccccc3)c2C)c(C)c1. The number of hydrogen-bond acceptors (Lipinski definition) is 2. The van der Waals surface area contributed by atoms with Crippen LogP contribution in [-0.4, -0.2) is 23.4 Å². The molecule has 0 aliphatic rings. The van der Waals surface area contributed by atoms with Crippen molar-refractivity contribution < 1.29 is 9.59 Å². The fourth-order valence-electron chi connectivity index (χ4n) is 3.25. The molecule has 2 aromatic carbocycles. The zero-order chi connectivity index (χ0) is 19.6. The average molecular weight is 361 g/mol. The summed E-state index contributed by atoms with van der Waals surface area (Å²) in [7, 11) is 1.59. The van der Waals surface area contributed by atoms with Gasteiger partial charge in [0.15, 0.2) is 0 Å². The molecule has 2 amide bonds. The highest BCUT2D eigenvalue weighted by atomic mass is 16.2. The van der Waals surface area contributed by atoms with Crippen LogP contribution in [0.5, 0.6) is 0 Å². The molecular weight excluding hydrogens is 338 g/mol. The Bertz CT molecular complexity index is 1000. The Morgan fingerprint density at radius 1 is 0.889 bits per heavy atom. The third kappa shape index (κ3) is 3.62. The second-order valence-corrected chi connectivity index (χ2v) is 6.52. The van der Waals surface area contributed by atoms with Crippen molar-refractivity contribution in [3.8, 4) is 5.69 Å². The van der Waals surface area contributed by atoms with Crippen molar-refractivity contribution in [2.24, 2.45) is 0 Å². The molecule has 1 heterocycles. The zero-order valence-electron chi connectivity index (χ0n) is 16.0. The lowest BCUT2D eigenvalue weighted by Gasteiger charge is -2.11. The van der Waals surface area contributed by atoms with E-state index in [4.69, 9.17) is 0 Å². The van der Waals surface area contributed by atoms with Gasteiger partial charge >= 0.3 is 0 Å². The topological polar surface area (TPSA) is 63.1 Å². The molecule has 2 N–H and O–H groups in total. The molecule has 0 aliphatic heterocycles. The smallest absolute Gasteiger partial charge is 0.257 e. The molecule has 27 heavy (non-hydrogen) atoms. The number of nitrogens with zero attached hydrogens (tertiary/aromatic N) is 1. The maximum absolute atomic E-state index is 12.9. The first-order chi connectivity index (χ1) is 12.9. The highest BCUT2D eigenvalue weighted by Crippen LogP contribution is 2.23. The summed E-state index contributed by atoms with van der Waals surface area (Å²) in [6, 6.07) is 17.1. The molecule has 0 spiro atoms. The molecule has 138 valence electrons. The largest absolute Gasteiger partial charge is 0.355 e. The van der Waals surface area contributed by atoms with Crippen LogP contribution >= 0.6 is 0 Å². The van der Waals surface area contributed by atoms with E-state index in [1.54, 1.807) is 25.2 Å². The van der Waals surface area contributed by atoms with Crippen molar-refractivity contribution in [3.05, 3.63) is 82.7 Å². The molecule has 5 heteroatoms. The van der Waals surface area contributed by atoms with Gasteiger partial charge in [-0.25, -0.2) is 0 Å². The van der Waals surface area contributed by atoms with Crippen LogP contribution in [0.25, 0.3) is 5.69 Å². The van der Waals surface area contributed by atoms with Gasteiger partial charge in [-0.15, -0.1) is 0 Å². The van der Waals surface area contributed by atoms with Crippen molar-refractivity contribution in [2.75, 3.05) is 12.4 Å². The summed E-state index contributed by atoms with van der Waals surface area (Å²) in [6.45, 7) is 5.80. The monoisotopic (exact) mass is 361 g/mol. The van der Waals surface area contributed by atoms with Gasteiger partial charge in [0.2, 0.25) is 0 Å². The van der Waals surface area contributed by atoms with Gasteiger partial charge in [0.25, 0.3) is 11.8 Å². The third-order valence-corrected chi connectivity index (χ3v) is 4.65. The van der Waals surface area contributed by atoms with Gasteiger partial charge < -0.3 is 15.2 Å². The van der Waals surface area contributed by atoms with Crippen LogP contribution in [0.2, 0.25) is 0 Å². The van der Waals surface area contributed by atoms with Gasteiger partial charge in [-0.2, -0.15) is 0 Å². The maximum Gasteiger partial charge on any atom is 0.257 e. The molecule has 0 bridgehead atoms. The minimum Gasteiger partial charge on any atom is -0.355 e. The number of hydrogen-bond donors (Lipinski definition) is 2. The van der Waals surface area contributed by atoms with Gasteiger partial charge in [-0.05, 0) is 62.7 Å². The molecule has 5 nitrogen and oxygen atoms in total. The summed E-state index contributed by atoms with van der Waals surface area (Å²) in [5.41, 5.74) is 5.63. The number of carbonyl (C=O) groups is 2. The van der Waals surface area contributed by atoms with Crippen molar-refractivity contribution in [3.63, 3.8) is 0 Å². The summed E-state index contributed by atoms with van der Waals surface area (Å²) >= 11 is 0. The summed E-state index contributed by atoms with van der Waals surface area (Å²) in [5.74, 6) is -0.316. The molecule has 0 aliphatic carbocycles. The van der Waals surface area contributed by atoms with Crippen LogP contribution < -0.4 is 10.6 Å². The van der Waals surface area contributed by atoms with Gasteiger partial charge in [-0.1, -0.05) is 18.2 Å². The number of aryl methyl sites for hydroxylation is 2. The van der Waals surface area contributed by atoms with Crippen LogP contribution in [0.3, 0.4) is 0 Å². The lowest BCUT2D eigenvalue weighted by Crippen LogP contribution is -2.18. The first-order valence-electron chi connectivity index (χ1n) is 8.81. The fraction of sp³-hybridized carbons (Fsp3) is 0.182. The van der Waals surface area contributed by atoms with Gasteiger partial charge in [0.05, 0.1) is 5.56 Å². The highest BCUT2D eigenvalue weighted by Gasteiger charge is 2.17. The van der Waals surface area contributed by atoms with E-state index < -0.39 is 0 Å². The minimum atomic E-state index is -0.166. The predicted octanol–water partition coefficient (Wildman–Crippen LogP) is 4.01. The number of benzene rings is 2. The summed E-state index contributed by atoms with van der Waals surface area (Å²) in [6.07, 6.45) is 0. The van der Waals surface area contributed by atoms with Crippen LogP contribution in [0.15, 0.2) is 54.6 Å². The standard InChI is InChI=1S/C22H23N3O2/c1-14-12-17(21(26)23-4)10-11-20(14)24-22(27)19-13-15(2)25(16(19)3)18-8-6-5-7-9-18/h5-13H,1-4H3,(H,23,26)(H,24,27). The van der Waals surface area contributed by atoms with E-state index in [0.717, 1.165) is 22.6 Å². The summed E-state index contributed by atoms with van der Waals surface area (Å²) in [4.78, 5) is 24.6. The third-order valence-electron chi connectivity index (χ3n) is 4.65.